The van der Waals surface area contributed by atoms with Crippen molar-refractivity contribution in [1.82, 2.24) is 15.0 Å². The number of nitrogens with zero attached hydrogens (tertiary/aromatic N) is 4. The van der Waals surface area contributed by atoms with Gasteiger partial charge in [0.1, 0.15) is 5.01 Å². The Labute approximate surface area is 184 Å². The van der Waals surface area contributed by atoms with Gasteiger partial charge in [-0.25, -0.2) is 15.0 Å². The Hall–Kier alpha value is -2.63. The number of thiazole rings is 1. The number of amides is 1. The maximum absolute atomic E-state index is 11.4. The summed E-state index contributed by atoms with van der Waals surface area (Å²) in [6.07, 6.45) is 7.22. The molecule has 1 aliphatic heterocycles. The zero-order chi connectivity index (χ0) is 22.0. The minimum atomic E-state index is -3.38. The molecular formula is C20H23N5O4S2. The standard InChI is InChI=1S/C20H23N5O4S2/c1-31(27,28)29-9-6-13-4-7-25(8-5-13)20-22-11-15(12-23-20)19-24-16-3-2-14(18(21)26)10-17(16)30-19/h2-3,10-13H,4-9H2,1H3,(H2,21,26). The molecule has 0 unspecified atom stereocenters. The van der Waals surface area contributed by atoms with Crippen LogP contribution in [0.5, 0.6) is 0 Å². The number of nitrogens with two attached hydrogens (primary N) is 1. The number of hydrogen-bond donors (Lipinski definition) is 1. The van der Waals surface area contributed by atoms with E-state index in [0.717, 1.165) is 59.4 Å². The summed E-state index contributed by atoms with van der Waals surface area (Å²) in [6, 6.07) is 5.21. The molecule has 0 saturated carbocycles. The van der Waals surface area contributed by atoms with Crippen LogP contribution in [-0.4, -0.2) is 55.2 Å². The van der Waals surface area contributed by atoms with Gasteiger partial charge in [-0.2, -0.15) is 8.42 Å². The number of anilines is 1. The molecular weight excluding hydrogens is 438 g/mol. The molecule has 0 atom stereocenters. The van der Waals surface area contributed by atoms with Gasteiger partial charge in [0.05, 0.1) is 23.1 Å². The van der Waals surface area contributed by atoms with Gasteiger partial charge in [-0.3, -0.25) is 8.98 Å². The van der Waals surface area contributed by atoms with Crippen molar-refractivity contribution in [3.8, 4) is 10.6 Å². The fourth-order valence-electron chi connectivity index (χ4n) is 3.58. The molecule has 0 bridgehead atoms. The van der Waals surface area contributed by atoms with Crippen LogP contribution in [0.1, 0.15) is 29.6 Å². The SMILES string of the molecule is CS(=O)(=O)OCCC1CCN(c2ncc(-c3nc4ccc(C(N)=O)cc4s3)cn2)CC1. The first kappa shape index (κ1) is 21.6. The number of carbonyl (C=O) groups is 1. The molecule has 11 heteroatoms. The van der Waals surface area contributed by atoms with Crippen molar-refractivity contribution in [3.05, 3.63) is 36.2 Å². The van der Waals surface area contributed by atoms with E-state index in [1.807, 2.05) is 0 Å². The van der Waals surface area contributed by atoms with Crippen molar-refractivity contribution < 1.29 is 17.4 Å². The van der Waals surface area contributed by atoms with Crippen molar-refractivity contribution in [2.24, 2.45) is 11.7 Å². The summed E-state index contributed by atoms with van der Waals surface area (Å²) in [5.41, 5.74) is 7.43. The lowest BCUT2D eigenvalue weighted by Gasteiger charge is -2.31. The summed E-state index contributed by atoms with van der Waals surface area (Å²) >= 11 is 1.47. The predicted octanol–water partition coefficient (Wildman–Crippen LogP) is 2.43. The Bertz CT molecular complexity index is 1190. The topological polar surface area (TPSA) is 128 Å². The van der Waals surface area contributed by atoms with E-state index in [-0.39, 0.29) is 6.61 Å². The van der Waals surface area contributed by atoms with Gasteiger partial charge >= 0.3 is 0 Å². The van der Waals surface area contributed by atoms with Gasteiger partial charge in [0.2, 0.25) is 11.9 Å². The molecule has 1 amide bonds. The third-order valence-corrected chi connectivity index (χ3v) is 6.94. The van der Waals surface area contributed by atoms with Gasteiger partial charge in [-0.1, -0.05) is 0 Å². The summed E-state index contributed by atoms with van der Waals surface area (Å²) in [4.78, 5) is 27.1. The average Bonchev–Trinajstić information content (AvgIpc) is 3.17. The molecule has 2 N–H and O–H groups in total. The summed E-state index contributed by atoms with van der Waals surface area (Å²) in [6.45, 7) is 1.87. The van der Waals surface area contributed by atoms with Crippen LogP contribution in [-0.2, 0) is 14.3 Å². The first-order valence-electron chi connectivity index (χ1n) is 9.90. The van der Waals surface area contributed by atoms with E-state index >= 15 is 0 Å². The number of rotatable bonds is 7. The van der Waals surface area contributed by atoms with Crippen molar-refractivity contribution in [1.29, 1.82) is 0 Å². The Morgan fingerprint density at radius 1 is 1.26 bits per heavy atom. The monoisotopic (exact) mass is 461 g/mol. The molecule has 31 heavy (non-hydrogen) atoms. The number of fused-ring (bicyclic) bond motifs is 1. The Morgan fingerprint density at radius 3 is 2.61 bits per heavy atom. The minimum absolute atomic E-state index is 0.234. The van der Waals surface area contributed by atoms with E-state index in [0.29, 0.717) is 17.4 Å². The third kappa shape index (κ3) is 5.35. The van der Waals surface area contributed by atoms with Crippen LogP contribution in [0.4, 0.5) is 5.95 Å². The Morgan fingerprint density at radius 2 is 1.97 bits per heavy atom. The molecule has 1 aliphatic rings. The van der Waals surface area contributed by atoms with Gasteiger partial charge in [0.15, 0.2) is 0 Å². The smallest absolute Gasteiger partial charge is 0.264 e. The fourth-order valence-corrected chi connectivity index (χ4v) is 4.96. The lowest BCUT2D eigenvalue weighted by molar-refractivity contribution is 0.100. The van der Waals surface area contributed by atoms with Crippen molar-refractivity contribution in [3.63, 3.8) is 0 Å². The molecule has 0 spiro atoms. The van der Waals surface area contributed by atoms with Gasteiger partial charge in [-0.15, -0.1) is 11.3 Å². The summed E-state index contributed by atoms with van der Waals surface area (Å²) in [5.74, 6) is 0.647. The Balaban J connectivity index is 1.38. The van der Waals surface area contributed by atoms with Crippen LogP contribution >= 0.6 is 11.3 Å². The molecule has 0 aliphatic carbocycles. The average molecular weight is 462 g/mol. The highest BCUT2D eigenvalue weighted by Gasteiger charge is 2.21. The highest BCUT2D eigenvalue weighted by atomic mass is 32.2. The lowest BCUT2D eigenvalue weighted by atomic mass is 9.94. The molecule has 1 saturated heterocycles. The largest absolute Gasteiger partial charge is 0.366 e. The van der Waals surface area contributed by atoms with E-state index in [2.05, 4.69) is 19.9 Å². The van der Waals surface area contributed by atoms with Crippen LogP contribution in [0.2, 0.25) is 0 Å². The zero-order valence-corrected chi connectivity index (χ0v) is 18.7. The fraction of sp³-hybridized carbons (Fsp3) is 0.400. The maximum atomic E-state index is 11.4. The number of benzene rings is 1. The van der Waals surface area contributed by atoms with Gasteiger partial charge in [0.25, 0.3) is 10.1 Å². The molecule has 3 aromatic rings. The molecule has 9 nitrogen and oxygen atoms in total. The Kier molecular flexibility index (Phi) is 6.17. The van der Waals surface area contributed by atoms with Gasteiger partial charge < -0.3 is 10.6 Å². The normalized spacial score (nSPS) is 15.5. The van der Waals surface area contributed by atoms with Crippen LogP contribution in [0.25, 0.3) is 20.8 Å². The summed E-state index contributed by atoms with van der Waals surface area (Å²) in [7, 11) is -3.38. The number of piperidine rings is 1. The first-order chi connectivity index (χ1) is 14.8. The zero-order valence-electron chi connectivity index (χ0n) is 17.0. The van der Waals surface area contributed by atoms with E-state index in [1.165, 1.54) is 11.3 Å². The molecule has 164 valence electrons. The van der Waals surface area contributed by atoms with Crippen molar-refractivity contribution in [2.75, 3.05) is 30.9 Å². The van der Waals surface area contributed by atoms with Crippen molar-refractivity contribution in [2.45, 2.75) is 19.3 Å². The number of hydrogen-bond acceptors (Lipinski definition) is 9. The number of aromatic nitrogens is 3. The van der Waals surface area contributed by atoms with E-state index in [4.69, 9.17) is 9.92 Å². The molecule has 3 heterocycles. The third-order valence-electron chi connectivity index (χ3n) is 5.28. The van der Waals surface area contributed by atoms with Crippen LogP contribution < -0.4 is 10.6 Å². The lowest BCUT2D eigenvalue weighted by Crippen LogP contribution is -2.35. The van der Waals surface area contributed by atoms with E-state index < -0.39 is 16.0 Å². The molecule has 4 rings (SSSR count). The summed E-state index contributed by atoms with van der Waals surface area (Å²) in [5, 5.41) is 0.785. The van der Waals surface area contributed by atoms with Crippen LogP contribution in [0, 0.1) is 5.92 Å². The van der Waals surface area contributed by atoms with Gasteiger partial charge in [0, 0.05) is 36.6 Å². The number of primary amides is 1. The van der Waals surface area contributed by atoms with Crippen LogP contribution in [0.3, 0.4) is 0 Å². The molecule has 1 fully saturated rings. The van der Waals surface area contributed by atoms with Crippen molar-refractivity contribution >= 4 is 43.5 Å². The van der Waals surface area contributed by atoms with Crippen LogP contribution in [0.15, 0.2) is 30.6 Å². The molecule has 1 aromatic carbocycles. The second-order valence-corrected chi connectivity index (χ2v) is 10.3. The quantitative estimate of drug-likeness (QED) is 0.531. The first-order valence-corrected chi connectivity index (χ1v) is 12.5. The highest BCUT2D eigenvalue weighted by molar-refractivity contribution is 7.85. The summed E-state index contributed by atoms with van der Waals surface area (Å²) < 4.78 is 27.9. The molecule has 0 radical (unpaired) electrons. The second-order valence-electron chi connectivity index (χ2n) is 7.58. The highest BCUT2D eigenvalue weighted by Crippen LogP contribution is 2.31. The van der Waals surface area contributed by atoms with Gasteiger partial charge in [-0.05, 0) is 43.4 Å². The van der Waals surface area contributed by atoms with E-state index in [9.17, 15) is 13.2 Å². The van der Waals surface area contributed by atoms with E-state index in [1.54, 1.807) is 30.6 Å². The predicted molar refractivity (Wildman–Crippen MR) is 120 cm³/mol. The molecule has 2 aromatic heterocycles. The maximum Gasteiger partial charge on any atom is 0.264 e. The minimum Gasteiger partial charge on any atom is -0.366 e. The second kappa shape index (κ2) is 8.85. The number of carbonyl (C=O) groups excluding carboxylic acids is 1.